The minimum Gasteiger partial charge on any atom is -0.491 e. The predicted molar refractivity (Wildman–Crippen MR) is 112 cm³/mol. The van der Waals surface area contributed by atoms with Crippen molar-refractivity contribution >= 4 is 11.6 Å². The van der Waals surface area contributed by atoms with Gasteiger partial charge in [-0.15, -0.1) is 0 Å². The first-order valence-corrected chi connectivity index (χ1v) is 10.00. The van der Waals surface area contributed by atoms with Crippen molar-refractivity contribution in [1.82, 2.24) is 5.32 Å². The molecule has 26 heavy (non-hydrogen) atoms. The Balaban J connectivity index is 1.92. The Kier molecular flexibility index (Phi) is 7.99. The third-order valence-electron chi connectivity index (χ3n) is 4.76. The molecule has 0 aliphatic carbocycles. The van der Waals surface area contributed by atoms with Gasteiger partial charge >= 0.3 is 0 Å². The number of ether oxygens (including phenoxy) is 1. The molecule has 2 aromatic rings. The second-order valence-corrected chi connectivity index (χ2v) is 8.04. The molecule has 0 amide bonds. The van der Waals surface area contributed by atoms with Crippen molar-refractivity contribution < 1.29 is 4.74 Å². The van der Waals surface area contributed by atoms with Crippen molar-refractivity contribution in [2.24, 2.45) is 5.92 Å². The van der Waals surface area contributed by atoms with Gasteiger partial charge in [0.15, 0.2) is 0 Å². The van der Waals surface area contributed by atoms with Gasteiger partial charge in [-0.2, -0.15) is 0 Å². The smallest absolute Gasteiger partial charge is 0.119 e. The van der Waals surface area contributed by atoms with Gasteiger partial charge in [-0.1, -0.05) is 49.7 Å². The molecule has 0 radical (unpaired) electrons. The number of hydrogen-bond donors (Lipinski definition) is 1. The zero-order valence-corrected chi connectivity index (χ0v) is 17.4. The van der Waals surface area contributed by atoms with Crippen LogP contribution in [0.4, 0.5) is 0 Å². The van der Waals surface area contributed by atoms with Gasteiger partial charge in [0.2, 0.25) is 0 Å². The molecule has 0 heterocycles. The topological polar surface area (TPSA) is 21.3 Å². The van der Waals surface area contributed by atoms with E-state index in [1.807, 2.05) is 12.1 Å². The molecule has 142 valence electrons. The molecule has 0 unspecified atom stereocenters. The Morgan fingerprint density at radius 2 is 1.42 bits per heavy atom. The standard InChI is InChI=1S/C23H32ClNO/c1-16(2)23(20-8-12-22(13-9-20)26-17(3)4)14-15-25-18(5)19-6-10-21(24)11-7-19/h6-13,16-18,23,25H,14-15H2,1-5H3/t18-,23-/m1/s1. The zero-order valence-electron chi connectivity index (χ0n) is 16.6. The normalized spacial score (nSPS) is 13.8. The van der Waals surface area contributed by atoms with E-state index in [1.54, 1.807) is 0 Å². The molecule has 0 aliphatic heterocycles. The molecule has 0 saturated carbocycles. The quantitative estimate of drug-likeness (QED) is 0.534. The fraction of sp³-hybridized carbons (Fsp3) is 0.478. The van der Waals surface area contributed by atoms with Crippen LogP contribution in [0, 0.1) is 5.92 Å². The maximum atomic E-state index is 5.97. The van der Waals surface area contributed by atoms with Crippen LogP contribution >= 0.6 is 11.6 Å². The van der Waals surface area contributed by atoms with Crippen molar-refractivity contribution in [1.29, 1.82) is 0 Å². The van der Waals surface area contributed by atoms with E-state index < -0.39 is 0 Å². The third-order valence-corrected chi connectivity index (χ3v) is 5.01. The summed E-state index contributed by atoms with van der Waals surface area (Å²) in [6.45, 7) is 11.9. The van der Waals surface area contributed by atoms with Crippen molar-refractivity contribution in [3.8, 4) is 5.75 Å². The summed E-state index contributed by atoms with van der Waals surface area (Å²) in [4.78, 5) is 0. The molecule has 0 aromatic heterocycles. The molecule has 2 nitrogen and oxygen atoms in total. The molecule has 2 rings (SSSR count). The lowest BCUT2D eigenvalue weighted by Gasteiger charge is -2.23. The minimum absolute atomic E-state index is 0.209. The van der Waals surface area contributed by atoms with Crippen LogP contribution in [0.25, 0.3) is 0 Å². The van der Waals surface area contributed by atoms with E-state index in [0.717, 1.165) is 23.7 Å². The fourth-order valence-electron chi connectivity index (χ4n) is 3.28. The van der Waals surface area contributed by atoms with Gasteiger partial charge < -0.3 is 10.1 Å². The lowest BCUT2D eigenvalue weighted by molar-refractivity contribution is 0.242. The van der Waals surface area contributed by atoms with Gasteiger partial charge in [0.05, 0.1) is 6.10 Å². The van der Waals surface area contributed by atoms with Crippen LogP contribution in [0.5, 0.6) is 5.75 Å². The highest BCUT2D eigenvalue weighted by atomic mass is 35.5. The summed E-state index contributed by atoms with van der Waals surface area (Å²) < 4.78 is 5.76. The molecule has 0 bridgehead atoms. The first-order chi connectivity index (χ1) is 12.4. The summed E-state index contributed by atoms with van der Waals surface area (Å²) in [5, 5.41) is 4.43. The number of halogens is 1. The summed E-state index contributed by atoms with van der Waals surface area (Å²) in [5.74, 6) is 2.08. The molecule has 3 heteroatoms. The van der Waals surface area contributed by atoms with Crippen LogP contribution in [-0.2, 0) is 0 Å². The molecular formula is C23H32ClNO. The summed E-state index contributed by atoms with van der Waals surface area (Å²) in [6, 6.07) is 17.0. The predicted octanol–water partition coefficient (Wildman–Crippen LogP) is 6.61. The van der Waals surface area contributed by atoms with E-state index in [-0.39, 0.29) is 6.10 Å². The van der Waals surface area contributed by atoms with Crippen LogP contribution in [0.3, 0.4) is 0 Å². The molecule has 2 aromatic carbocycles. The Morgan fingerprint density at radius 3 is 1.96 bits per heavy atom. The lowest BCUT2D eigenvalue weighted by Crippen LogP contribution is -2.22. The molecule has 0 fully saturated rings. The van der Waals surface area contributed by atoms with E-state index in [9.17, 15) is 0 Å². The second kappa shape index (κ2) is 9.99. The number of benzene rings is 2. The lowest BCUT2D eigenvalue weighted by atomic mass is 9.85. The Bertz CT molecular complexity index is 649. The Morgan fingerprint density at radius 1 is 0.846 bits per heavy atom. The average Bonchev–Trinajstić information content (AvgIpc) is 2.59. The fourth-order valence-corrected chi connectivity index (χ4v) is 3.40. The van der Waals surface area contributed by atoms with Gasteiger partial charge in [0.25, 0.3) is 0 Å². The van der Waals surface area contributed by atoms with Crippen molar-refractivity contribution in [3.63, 3.8) is 0 Å². The first-order valence-electron chi connectivity index (χ1n) is 9.62. The van der Waals surface area contributed by atoms with Gasteiger partial charge in [-0.3, -0.25) is 0 Å². The zero-order chi connectivity index (χ0) is 19.1. The largest absolute Gasteiger partial charge is 0.491 e. The molecule has 0 spiro atoms. The Hall–Kier alpha value is -1.51. The van der Waals surface area contributed by atoms with Gasteiger partial charge in [-0.05, 0) is 81.0 Å². The summed E-state index contributed by atoms with van der Waals surface area (Å²) in [5.41, 5.74) is 2.66. The van der Waals surface area contributed by atoms with E-state index in [2.05, 4.69) is 76.3 Å². The average molecular weight is 374 g/mol. The van der Waals surface area contributed by atoms with E-state index in [1.165, 1.54) is 11.1 Å². The van der Waals surface area contributed by atoms with Gasteiger partial charge in [0.1, 0.15) is 5.75 Å². The highest BCUT2D eigenvalue weighted by molar-refractivity contribution is 6.30. The van der Waals surface area contributed by atoms with E-state index in [0.29, 0.717) is 17.9 Å². The van der Waals surface area contributed by atoms with Crippen molar-refractivity contribution in [3.05, 3.63) is 64.7 Å². The van der Waals surface area contributed by atoms with E-state index >= 15 is 0 Å². The number of hydrogen-bond acceptors (Lipinski definition) is 2. The molecule has 2 atom stereocenters. The monoisotopic (exact) mass is 373 g/mol. The maximum Gasteiger partial charge on any atom is 0.119 e. The number of nitrogens with one attached hydrogen (secondary N) is 1. The summed E-state index contributed by atoms with van der Waals surface area (Å²) in [7, 11) is 0. The SMILES string of the molecule is CC(C)Oc1ccc([C@H](CCN[C@H](C)c2ccc(Cl)cc2)C(C)C)cc1. The van der Waals surface area contributed by atoms with Crippen LogP contribution < -0.4 is 10.1 Å². The van der Waals surface area contributed by atoms with Gasteiger partial charge in [0, 0.05) is 11.1 Å². The van der Waals surface area contributed by atoms with Gasteiger partial charge in [-0.25, -0.2) is 0 Å². The third kappa shape index (κ3) is 6.34. The summed E-state index contributed by atoms with van der Waals surface area (Å²) >= 11 is 5.97. The van der Waals surface area contributed by atoms with E-state index in [4.69, 9.17) is 16.3 Å². The highest BCUT2D eigenvalue weighted by Gasteiger charge is 2.16. The molecule has 0 aliphatic rings. The first kappa shape index (κ1) is 20.8. The maximum absolute atomic E-state index is 5.97. The number of rotatable bonds is 9. The highest BCUT2D eigenvalue weighted by Crippen LogP contribution is 2.29. The molecule has 0 saturated heterocycles. The van der Waals surface area contributed by atoms with Crippen LogP contribution in [-0.4, -0.2) is 12.6 Å². The summed E-state index contributed by atoms with van der Waals surface area (Å²) in [6.07, 6.45) is 1.32. The van der Waals surface area contributed by atoms with Crippen molar-refractivity contribution in [2.75, 3.05) is 6.54 Å². The Labute approximate surface area is 163 Å². The van der Waals surface area contributed by atoms with Crippen LogP contribution in [0.2, 0.25) is 5.02 Å². The second-order valence-electron chi connectivity index (χ2n) is 7.60. The van der Waals surface area contributed by atoms with Crippen LogP contribution in [0.1, 0.15) is 64.1 Å². The van der Waals surface area contributed by atoms with Crippen LogP contribution in [0.15, 0.2) is 48.5 Å². The van der Waals surface area contributed by atoms with Crippen molar-refractivity contribution in [2.45, 2.75) is 59.1 Å². The minimum atomic E-state index is 0.209. The molecular weight excluding hydrogens is 342 g/mol. The molecule has 1 N–H and O–H groups in total.